The van der Waals surface area contributed by atoms with Gasteiger partial charge in [0.15, 0.2) is 0 Å². The number of ether oxygens (including phenoxy) is 1. The highest BCUT2D eigenvalue weighted by atomic mass is 16.5. The zero-order valence-corrected chi connectivity index (χ0v) is 11.6. The summed E-state index contributed by atoms with van der Waals surface area (Å²) in [7, 11) is 0. The monoisotopic (exact) mass is 262 g/mol. The first-order valence-electron chi connectivity index (χ1n) is 6.78. The van der Waals surface area contributed by atoms with Crippen molar-refractivity contribution in [2.45, 2.75) is 32.4 Å². The van der Waals surface area contributed by atoms with E-state index in [0.29, 0.717) is 6.61 Å². The Morgan fingerprint density at radius 2 is 2.11 bits per heavy atom. The molecule has 2 N–H and O–H groups in total. The van der Waals surface area contributed by atoms with E-state index in [4.69, 9.17) is 10.5 Å². The molecular weight excluding hydrogens is 240 g/mol. The number of benzene rings is 1. The molecule has 0 bridgehead atoms. The molecule has 0 spiro atoms. The van der Waals surface area contributed by atoms with Crippen LogP contribution in [0.2, 0.25) is 0 Å². The van der Waals surface area contributed by atoms with Gasteiger partial charge < -0.3 is 10.5 Å². The van der Waals surface area contributed by atoms with E-state index in [0.717, 1.165) is 19.5 Å². The molecule has 1 aromatic carbocycles. The predicted molar refractivity (Wildman–Crippen MR) is 74.9 cm³/mol. The molecule has 0 aliphatic carbocycles. The molecule has 4 nitrogen and oxygen atoms in total. The molecular formula is C15H22N2O2. The van der Waals surface area contributed by atoms with Gasteiger partial charge in [-0.05, 0) is 25.8 Å². The summed E-state index contributed by atoms with van der Waals surface area (Å²) < 4.78 is 5.51. The Bertz CT molecular complexity index is 430. The number of primary amides is 1. The summed E-state index contributed by atoms with van der Waals surface area (Å²) in [5, 5.41) is 0. The first-order valence-corrected chi connectivity index (χ1v) is 6.78. The lowest BCUT2D eigenvalue weighted by Crippen LogP contribution is -2.56. The fourth-order valence-electron chi connectivity index (χ4n) is 2.57. The number of nitrogens with two attached hydrogens (primary N) is 1. The number of aryl methyl sites for hydroxylation is 1. The summed E-state index contributed by atoms with van der Waals surface area (Å²) in [5.41, 5.74) is 8.02. The minimum atomic E-state index is -0.306. The summed E-state index contributed by atoms with van der Waals surface area (Å²) in [6.07, 6.45) is 0.806. The molecule has 1 saturated heterocycles. The number of morpholine rings is 1. The van der Waals surface area contributed by atoms with E-state index in [-0.39, 0.29) is 18.1 Å². The summed E-state index contributed by atoms with van der Waals surface area (Å²) in [5.74, 6) is -0.295. The van der Waals surface area contributed by atoms with Gasteiger partial charge in [0, 0.05) is 13.1 Å². The Morgan fingerprint density at radius 1 is 1.42 bits per heavy atom. The maximum atomic E-state index is 11.5. The van der Waals surface area contributed by atoms with Crippen molar-refractivity contribution >= 4 is 5.91 Å². The molecule has 2 atom stereocenters. The van der Waals surface area contributed by atoms with Crippen LogP contribution in [0, 0.1) is 6.92 Å². The van der Waals surface area contributed by atoms with Crippen molar-refractivity contribution in [3.63, 3.8) is 0 Å². The number of hydrogen-bond donors (Lipinski definition) is 1. The van der Waals surface area contributed by atoms with Crippen molar-refractivity contribution in [1.29, 1.82) is 0 Å². The summed E-state index contributed by atoms with van der Waals surface area (Å²) in [4.78, 5) is 13.7. The summed E-state index contributed by atoms with van der Waals surface area (Å²) in [6.45, 7) is 6.26. The minimum absolute atomic E-state index is 0.121. The van der Waals surface area contributed by atoms with Crippen molar-refractivity contribution in [1.82, 2.24) is 4.90 Å². The molecule has 1 amide bonds. The van der Waals surface area contributed by atoms with E-state index in [1.165, 1.54) is 11.1 Å². The minimum Gasteiger partial charge on any atom is -0.375 e. The number of hydrogen-bond acceptors (Lipinski definition) is 3. The molecule has 1 aliphatic heterocycles. The molecule has 0 radical (unpaired) electrons. The molecule has 104 valence electrons. The van der Waals surface area contributed by atoms with Crippen LogP contribution in [-0.4, -0.2) is 42.6 Å². The van der Waals surface area contributed by atoms with Gasteiger partial charge >= 0.3 is 0 Å². The summed E-state index contributed by atoms with van der Waals surface area (Å²) >= 11 is 0. The molecule has 0 saturated carbocycles. The highest BCUT2D eigenvalue weighted by molar-refractivity contribution is 5.80. The maximum absolute atomic E-state index is 11.5. The first-order chi connectivity index (χ1) is 9.08. The van der Waals surface area contributed by atoms with Crippen LogP contribution in [0.1, 0.15) is 18.1 Å². The second-order valence-electron chi connectivity index (χ2n) is 5.19. The number of carbonyl (C=O) groups excluding carboxylic acids is 1. The normalized spacial score (nSPS) is 24.3. The molecule has 1 aromatic rings. The summed E-state index contributed by atoms with van der Waals surface area (Å²) in [6, 6.07) is 8.20. The Kier molecular flexibility index (Phi) is 4.56. The molecule has 4 heteroatoms. The van der Waals surface area contributed by atoms with Crippen molar-refractivity contribution in [3.8, 4) is 0 Å². The van der Waals surface area contributed by atoms with Gasteiger partial charge in [0.05, 0.1) is 12.7 Å². The molecule has 1 aliphatic rings. The lowest BCUT2D eigenvalue weighted by Gasteiger charge is -2.37. The third kappa shape index (κ3) is 3.55. The lowest BCUT2D eigenvalue weighted by atomic mass is 10.1. The quantitative estimate of drug-likeness (QED) is 0.884. The molecule has 19 heavy (non-hydrogen) atoms. The van der Waals surface area contributed by atoms with Crippen LogP contribution in [0.5, 0.6) is 0 Å². The van der Waals surface area contributed by atoms with Crippen LogP contribution in [0.3, 0.4) is 0 Å². The predicted octanol–water partition coefficient (Wildman–Crippen LogP) is 1.11. The number of nitrogens with zero attached hydrogens (tertiary/aromatic N) is 1. The van der Waals surface area contributed by atoms with Crippen molar-refractivity contribution in [3.05, 3.63) is 35.4 Å². The van der Waals surface area contributed by atoms with Crippen molar-refractivity contribution < 1.29 is 9.53 Å². The number of amides is 1. The molecule has 1 fully saturated rings. The average Bonchev–Trinajstić information content (AvgIpc) is 2.37. The average molecular weight is 262 g/mol. The Morgan fingerprint density at radius 3 is 2.74 bits per heavy atom. The number of rotatable bonds is 4. The van der Waals surface area contributed by atoms with Gasteiger partial charge in [0.1, 0.15) is 6.04 Å². The van der Waals surface area contributed by atoms with E-state index in [2.05, 4.69) is 36.1 Å². The number of carbonyl (C=O) groups is 1. The Labute approximate surface area is 114 Å². The third-order valence-corrected chi connectivity index (χ3v) is 3.70. The van der Waals surface area contributed by atoms with Crippen LogP contribution in [0.4, 0.5) is 0 Å². The SMILES string of the molecule is Cc1ccc(CCN2CCO[C@H](C)[C@H]2C(N)=O)cc1. The van der Waals surface area contributed by atoms with Gasteiger partial charge in [-0.1, -0.05) is 29.8 Å². The van der Waals surface area contributed by atoms with Crippen LogP contribution in [0.15, 0.2) is 24.3 Å². The van der Waals surface area contributed by atoms with E-state index >= 15 is 0 Å². The van der Waals surface area contributed by atoms with Gasteiger partial charge in [-0.2, -0.15) is 0 Å². The fraction of sp³-hybridized carbons (Fsp3) is 0.533. The first kappa shape index (κ1) is 14.0. The second kappa shape index (κ2) is 6.17. The van der Waals surface area contributed by atoms with Crippen molar-refractivity contribution in [2.75, 3.05) is 19.7 Å². The molecule has 0 aromatic heterocycles. The molecule has 0 unspecified atom stereocenters. The van der Waals surface area contributed by atoms with Crippen molar-refractivity contribution in [2.24, 2.45) is 5.73 Å². The fourth-order valence-corrected chi connectivity index (χ4v) is 2.57. The Balaban J connectivity index is 1.96. The van der Waals surface area contributed by atoms with Crippen LogP contribution in [-0.2, 0) is 16.0 Å². The van der Waals surface area contributed by atoms with Gasteiger partial charge in [0.2, 0.25) is 5.91 Å². The molecule has 1 heterocycles. The topological polar surface area (TPSA) is 55.6 Å². The maximum Gasteiger partial charge on any atom is 0.237 e. The highest BCUT2D eigenvalue weighted by Gasteiger charge is 2.33. The lowest BCUT2D eigenvalue weighted by molar-refractivity contribution is -0.135. The third-order valence-electron chi connectivity index (χ3n) is 3.70. The molecule has 2 rings (SSSR count). The van der Waals surface area contributed by atoms with Gasteiger partial charge in [-0.3, -0.25) is 9.69 Å². The van der Waals surface area contributed by atoms with Gasteiger partial charge in [-0.15, -0.1) is 0 Å². The van der Waals surface area contributed by atoms with E-state index < -0.39 is 0 Å². The van der Waals surface area contributed by atoms with Crippen LogP contribution in [0.25, 0.3) is 0 Å². The highest BCUT2D eigenvalue weighted by Crippen LogP contribution is 2.15. The zero-order chi connectivity index (χ0) is 13.8. The zero-order valence-electron chi connectivity index (χ0n) is 11.6. The van der Waals surface area contributed by atoms with Crippen LogP contribution < -0.4 is 5.73 Å². The van der Waals surface area contributed by atoms with Gasteiger partial charge in [-0.25, -0.2) is 0 Å². The smallest absolute Gasteiger partial charge is 0.237 e. The largest absolute Gasteiger partial charge is 0.375 e. The van der Waals surface area contributed by atoms with Crippen LogP contribution >= 0.6 is 0 Å². The van der Waals surface area contributed by atoms with E-state index in [1.807, 2.05) is 6.92 Å². The van der Waals surface area contributed by atoms with Gasteiger partial charge in [0.25, 0.3) is 0 Å². The van der Waals surface area contributed by atoms with E-state index in [9.17, 15) is 4.79 Å². The van der Waals surface area contributed by atoms with E-state index in [1.54, 1.807) is 0 Å². The standard InChI is InChI=1S/C15H22N2O2/c1-11-3-5-13(6-4-11)7-8-17-9-10-19-12(2)14(17)15(16)18/h3-6,12,14H,7-10H2,1-2H3,(H2,16,18)/t12-,14+/m1/s1. The Hall–Kier alpha value is -1.39. The second-order valence-corrected chi connectivity index (χ2v) is 5.19.